The molecule has 0 aliphatic carbocycles. The summed E-state index contributed by atoms with van der Waals surface area (Å²) in [5.74, 6) is 0.465. The van der Waals surface area contributed by atoms with E-state index in [1.807, 2.05) is 6.20 Å². The van der Waals surface area contributed by atoms with Crippen LogP contribution < -0.4 is 0 Å². The monoisotopic (exact) mass is 219 g/mol. The van der Waals surface area contributed by atoms with Gasteiger partial charge in [0.1, 0.15) is 0 Å². The zero-order chi connectivity index (χ0) is 11.7. The highest BCUT2D eigenvalue weighted by Gasteiger charge is 2.20. The van der Waals surface area contributed by atoms with Crippen LogP contribution in [-0.4, -0.2) is 27.5 Å². The summed E-state index contributed by atoms with van der Waals surface area (Å²) in [6.45, 7) is 10.9. The van der Waals surface area contributed by atoms with E-state index in [1.165, 1.54) is 11.4 Å². The maximum atomic E-state index is 4.74. The molecule has 1 aromatic rings. The second-order valence-corrected chi connectivity index (χ2v) is 5.16. The van der Waals surface area contributed by atoms with E-state index in [0.717, 1.165) is 25.2 Å². The molecular formula is C13H21N3. The van der Waals surface area contributed by atoms with Crippen molar-refractivity contribution in [3.8, 4) is 0 Å². The van der Waals surface area contributed by atoms with Gasteiger partial charge < -0.3 is 0 Å². The Hall–Kier alpha value is -0.960. The van der Waals surface area contributed by atoms with Gasteiger partial charge in [0.25, 0.3) is 0 Å². The molecule has 0 aromatic carbocycles. The maximum absolute atomic E-state index is 4.74. The molecule has 16 heavy (non-hydrogen) atoms. The van der Waals surface area contributed by atoms with Gasteiger partial charge in [-0.05, 0) is 19.8 Å². The Morgan fingerprint density at radius 3 is 2.56 bits per heavy atom. The van der Waals surface area contributed by atoms with Crippen molar-refractivity contribution in [3.63, 3.8) is 0 Å². The summed E-state index contributed by atoms with van der Waals surface area (Å²) in [6.07, 6.45) is 2.98. The van der Waals surface area contributed by atoms with Crippen molar-refractivity contribution >= 4 is 0 Å². The topological polar surface area (TPSA) is 29.0 Å². The first-order valence-corrected chi connectivity index (χ1v) is 6.16. The van der Waals surface area contributed by atoms with Gasteiger partial charge in [-0.1, -0.05) is 13.8 Å². The molecule has 3 heteroatoms. The van der Waals surface area contributed by atoms with E-state index < -0.39 is 0 Å². The van der Waals surface area contributed by atoms with Gasteiger partial charge in [0.2, 0.25) is 0 Å². The predicted molar refractivity (Wildman–Crippen MR) is 65.4 cm³/mol. The summed E-state index contributed by atoms with van der Waals surface area (Å²) in [5.41, 5.74) is 3.50. The van der Waals surface area contributed by atoms with E-state index >= 15 is 0 Å². The van der Waals surface area contributed by atoms with Crippen LogP contribution in [0.25, 0.3) is 0 Å². The second-order valence-electron chi connectivity index (χ2n) is 5.16. The Bertz CT molecular complexity index is 371. The molecule has 88 valence electrons. The fourth-order valence-corrected chi connectivity index (χ4v) is 2.04. The highest BCUT2D eigenvalue weighted by atomic mass is 15.2. The Balaban J connectivity index is 2.25. The molecule has 0 saturated heterocycles. The van der Waals surface area contributed by atoms with Gasteiger partial charge >= 0.3 is 0 Å². The van der Waals surface area contributed by atoms with Crippen molar-refractivity contribution in [2.75, 3.05) is 6.54 Å². The first-order valence-electron chi connectivity index (χ1n) is 6.16. The molecule has 0 N–H and O–H groups in total. The van der Waals surface area contributed by atoms with E-state index in [1.54, 1.807) is 0 Å². The van der Waals surface area contributed by atoms with Crippen LogP contribution in [0.15, 0.2) is 6.20 Å². The van der Waals surface area contributed by atoms with Crippen LogP contribution in [0.5, 0.6) is 0 Å². The Kier molecular flexibility index (Phi) is 3.24. The first-order chi connectivity index (χ1) is 7.58. The van der Waals surface area contributed by atoms with Gasteiger partial charge in [0.15, 0.2) is 0 Å². The van der Waals surface area contributed by atoms with E-state index in [2.05, 4.69) is 37.6 Å². The third kappa shape index (κ3) is 2.24. The van der Waals surface area contributed by atoms with Crippen molar-refractivity contribution in [2.45, 2.75) is 52.6 Å². The van der Waals surface area contributed by atoms with Gasteiger partial charge in [0.05, 0.1) is 17.1 Å². The Labute approximate surface area is 97.9 Å². The number of nitrogens with zero attached hydrogens (tertiary/aromatic N) is 3. The van der Waals surface area contributed by atoms with Gasteiger partial charge in [-0.2, -0.15) is 0 Å². The van der Waals surface area contributed by atoms with Gasteiger partial charge in [-0.15, -0.1) is 0 Å². The zero-order valence-electron chi connectivity index (χ0n) is 10.7. The quantitative estimate of drug-likeness (QED) is 0.764. The van der Waals surface area contributed by atoms with Crippen LogP contribution in [-0.2, 0) is 13.0 Å². The van der Waals surface area contributed by atoms with E-state index in [-0.39, 0.29) is 0 Å². The Morgan fingerprint density at radius 2 is 1.94 bits per heavy atom. The molecule has 0 radical (unpaired) electrons. The smallest absolute Gasteiger partial charge is 0.0762 e. The molecule has 1 aliphatic heterocycles. The van der Waals surface area contributed by atoms with Crippen LogP contribution in [0.4, 0.5) is 0 Å². The molecule has 0 atom stereocenters. The average Bonchev–Trinajstić information content (AvgIpc) is 2.27. The maximum Gasteiger partial charge on any atom is 0.0762 e. The molecule has 1 aliphatic rings. The van der Waals surface area contributed by atoms with Crippen LogP contribution in [0.1, 0.15) is 50.7 Å². The molecule has 0 unspecified atom stereocenters. The number of hydrogen-bond donors (Lipinski definition) is 0. The highest BCUT2D eigenvalue weighted by Crippen LogP contribution is 2.19. The van der Waals surface area contributed by atoms with Crippen molar-refractivity contribution in [3.05, 3.63) is 23.3 Å². The SMILES string of the molecule is CC(C)c1cnc2c(n1)CN(C(C)C)CC2. The van der Waals surface area contributed by atoms with Gasteiger partial charge in [-0.25, -0.2) is 0 Å². The third-order valence-electron chi connectivity index (χ3n) is 3.26. The fourth-order valence-electron chi connectivity index (χ4n) is 2.04. The van der Waals surface area contributed by atoms with Crippen molar-refractivity contribution in [1.29, 1.82) is 0 Å². The summed E-state index contributed by atoms with van der Waals surface area (Å²) in [7, 11) is 0. The number of rotatable bonds is 2. The van der Waals surface area contributed by atoms with Crippen molar-refractivity contribution < 1.29 is 0 Å². The summed E-state index contributed by atoms with van der Waals surface area (Å²) >= 11 is 0. The van der Waals surface area contributed by atoms with Crippen LogP contribution in [0.2, 0.25) is 0 Å². The van der Waals surface area contributed by atoms with Crippen LogP contribution in [0.3, 0.4) is 0 Å². The van der Waals surface area contributed by atoms with Gasteiger partial charge in [-0.3, -0.25) is 14.9 Å². The lowest BCUT2D eigenvalue weighted by atomic mass is 10.1. The van der Waals surface area contributed by atoms with Crippen LogP contribution in [0, 0.1) is 0 Å². The molecule has 2 rings (SSSR count). The lowest BCUT2D eigenvalue weighted by molar-refractivity contribution is 0.198. The molecule has 0 amide bonds. The first kappa shape index (κ1) is 11.5. The highest BCUT2D eigenvalue weighted by molar-refractivity contribution is 5.18. The number of aromatic nitrogens is 2. The third-order valence-corrected chi connectivity index (χ3v) is 3.26. The van der Waals surface area contributed by atoms with E-state index in [0.29, 0.717) is 12.0 Å². The number of fused-ring (bicyclic) bond motifs is 1. The lowest BCUT2D eigenvalue weighted by Gasteiger charge is -2.30. The number of hydrogen-bond acceptors (Lipinski definition) is 3. The molecular weight excluding hydrogens is 198 g/mol. The predicted octanol–water partition coefficient (Wildman–Crippen LogP) is 2.37. The molecule has 0 fully saturated rings. The summed E-state index contributed by atoms with van der Waals surface area (Å²) in [4.78, 5) is 11.7. The van der Waals surface area contributed by atoms with Gasteiger partial charge in [0, 0.05) is 31.7 Å². The summed E-state index contributed by atoms with van der Waals surface area (Å²) < 4.78 is 0. The van der Waals surface area contributed by atoms with Crippen molar-refractivity contribution in [1.82, 2.24) is 14.9 Å². The minimum atomic E-state index is 0.465. The van der Waals surface area contributed by atoms with Crippen LogP contribution >= 0.6 is 0 Å². The van der Waals surface area contributed by atoms with E-state index in [9.17, 15) is 0 Å². The summed E-state index contributed by atoms with van der Waals surface area (Å²) in [5, 5.41) is 0. The normalized spacial score (nSPS) is 16.9. The molecule has 0 bridgehead atoms. The largest absolute Gasteiger partial charge is 0.295 e. The average molecular weight is 219 g/mol. The zero-order valence-corrected chi connectivity index (χ0v) is 10.7. The summed E-state index contributed by atoms with van der Waals surface area (Å²) in [6, 6.07) is 0.595. The molecule has 2 heterocycles. The Morgan fingerprint density at radius 1 is 1.19 bits per heavy atom. The molecule has 3 nitrogen and oxygen atoms in total. The molecule has 1 aromatic heterocycles. The standard InChI is InChI=1S/C13H21N3/c1-9(2)12-7-14-11-5-6-16(10(3)4)8-13(11)15-12/h7,9-10H,5-6,8H2,1-4H3. The van der Waals surface area contributed by atoms with Crippen molar-refractivity contribution in [2.24, 2.45) is 0 Å². The molecule has 0 saturated carbocycles. The van der Waals surface area contributed by atoms with E-state index in [4.69, 9.17) is 4.98 Å². The minimum absolute atomic E-state index is 0.465. The molecule has 0 spiro atoms. The second kappa shape index (κ2) is 4.50. The fraction of sp³-hybridized carbons (Fsp3) is 0.692. The minimum Gasteiger partial charge on any atom is -0.295 e. The lowest BCUT2D eigenvalue weighted by Crippen LogP contribution is -2.37.